The van der Waals surface area contributed by atoms with Crippen molar-refractivity contribution in [2.45, 2.75) is 6.42 Å². The monoisotopic (exact) mass is 388 g/mol. The first-order valence-electron chi connectivity index (χ1n) is 6.65. The van der Waals surface area contributed by atoms with Gasteiger partial charge in [0.15, 0.2) is 11.9 Å². The number of nitrogens with two attached hydrogens (primary N) is 2. The Balaban J connectivity index is 0.00000288. The van der Waals surface area contributed by atoms with Gasteiger partial charge in [-0.15, -0.1) is 24.8 Å². The van der Waals surface area contributed by atoms with Crippen LogP contribution in [0.4, 0.5) is 0 Å². The van der Waals surface area contributed by atoms with Crippen LogP contribution >= 0.6 is 24.8 Å². The summed E-state index contributed by atoms with van der Waals surface area (Å²) >= 11 is 0. The average Bonchev–Trinajstić information content (AvgIpc) is 2.67. The minimum Gasteiger partial charge on any atom is -0.492 e. The van der Waals surface area contributed by atoms with Gasteiger partial charge in [0.2, 0.25) is 0 Å². The van der Waals surface area contributed by atoms with E-state index in [0.717, 1.165) is 0 Å². The highest BCUT2D eigenvalue weighted by Gasteiger charge is 2.21. The van der Waals surface area contributed by atoms with E-state index in [2.05, 4.69) is 10.6 Å². The Morgan fingerprint density at radius 2 is 1.64 bits per heavy atom. The minimum absolute atomic E-state index is 0. The van der Waals surface area contributed by atoms with Crippen LogP contribution in [0.15, 0.2) is 23.8 Å². The molecule has 0 aliphatic carbocycles. The third-order valence-corrected chi connectivity index (χ3v) is 3.03. The topological polar surface area (TPSA) is 167 Å². The molecule has 11 heteroatoms. The highest BCUT2D eigenvalue weighted by atomic mass is 35.5. The van der Waals surface area contributed by atoms with Crippen molar-refractivity contribution in [1.82, 2.24) is 10.6 Å². The first-order valence-corrected chi connectivity index (χ1v) is 6.65. The third kappa shape index (κ3) is 5.66. The number of halogens is 2. The second-order valence-corrected chi connectivity index (χ2v) is 4.73. The summed E-state index contributed by atoms with van der Waals surface area (Å²) in [6.07, 6.45) is 1.87. The Hall–Kier alpha value is -2.78. The Kier molecular flexibility index (Phi) is 8.44. The summed E-state index contributed by atoms with van der Waals surface area (Å²) in [5.74, 6) is -1.68. The van der Waals surface area contributed by atoms with Crippen LogP contribution in [0.1, 0.15) is 22.3 Å². The van der Waals surface area contributed by atoms with Gasteiger partial charge in [0.05, 0.1) is 12.2 Å². The molecule has 0 unspecified atom stereocenters. The van der Waals surface area contributed by atoms with Crippen LogP contribution in [0, 0.1) is 10.8 Å². The molecule has 0 spiro atoms. The standard InChI is InChI=1S/C14H16N6O3.2ClH/c15-13(16)19-11(21)8-4-5-23-10-7(6-8)2-1-3-9(10)12(22)20-14(17)18;;/h1-3,6H,4-5H2,(H4,15,16,19,21)(H4,17,18,20,22);2*1H. The van der Waals surface area contributed by atoms with E-state index in [1.54, 1.807) is 18.2 Å². The number of ether oxygens (including phenoxy) is 1. The van der Waals surface area contributed by atoms with Crippen molar-refractivity contribution in [3.63, 3.8) is 0 Å². The lowest BCUT2D eigenvalue weighted by Crippen LogP contribution is -2.36. The van der Waals surface area contributed by atoms with Crippen molar-refractivity contribution >= 4 is 54.6 Å². The first kappa shape index (κ1) is 22.2. The van der Waals surface area contributed by atoms with E-state index in [9.17, 15) is 9.59 Å². The summed E-state index contributed by atoms with van der Waals surface area (Å²) in [6, 6.07) is 4.84. The number of amides is 2. The zero-order valence-electron chi connectivity index (χ0n) is 12.9. The lowest BCUT2D eigenvalue weighted by Gasteiger charge is -2.11. The molecule has 0 saturated heterocycles. The normalized spacial score (nSPS) is 11.8. The zero-order chi connectivity index (χ0) is 17.0. The fourth-order valence-electron chi connectivity index (χ4n) is 2.10. The van der Waals surface area contributed by atoms with E-state index in [1.165, 1.54) is 6.07 Å². The van der Waals surface area contributed by atoms with E-state index >= 15 is 0 Å². The molecule has 0 fully saturated rings. The van der Waals surface area contributed by atoms with Crippen LogP contribution in [0.3, 0.4) is 0 Å². The van der Waals surface area contributed by atoms with Gasteiger partial charge in [-0.3, -0.25) is 31.0 Å². The Bertz CT molecular complexity index is 735. The van der Waals surface area contributed by atoms with E-state index in [-0.39, 0.29) is 37.0 Å². The van der Waals surface area contributed by atoms with Crippen molar-refractivity contribution in [1.29, 1.82) is 10.8 Å². The molecule has 1 aliphatic rings. The van der Waals surface area contributed by atoms with Crippen LogP contribution in [0.2, 0.25) is 0 Å². The number of para-hydroxylation sites is 1. The number of fused-ring (bicyclic) bond motifs is 1. The summed E-state index contributed by atoms with van der Waals surface area (Å²) in [6.45, 7) is 0.175. The molecule has 25 heavy (non-hydrogen) atoms. The molecule has 0 bridgehead atoms. The summed E-state index contributed by atoms with van der Waals surface area (Å²) < 4.78 is 5.58. The largest absolute Gasteiger partial charge is 0.492 e. The van der Waals surface area contributed by atoms with Gasteiger partial charge in [0.1, 0.15) is 5.75 Å². The van der Waals surface area contributed by atoms with Gasteiger partial charge in [-0.2, -0.15) is 0 Å². The Morgan fingerprint density at radius 3 is 2.24 bits per heavy atom. The van der Waals surface area contributed by atoms with Crippen LogP contribution in [-0.4, -0.2) is 30.3 Å². The van der Waals surface area contributed by atoms with Gasteiger partial charge in [-0.05, 0) is 12.1 Å². The second-order valence-electron chi connectivity index (χ2n) is 4.73. The number of hydrogen-bond acceptors (Lipinski definition) is 5. The highest BCUT2D eigenvalue weighted by Crippen LogP contribution is 2.29. The maximum absolute atomic E-state index is 12.0. The number of rotatable bonds is 2. The Labute approximate surface area is 156 Å². The van der Waals surface area contributed by atoms with Gasteiger partial charge in [-0.25, -0.2) is 0 Å². The summed E-state index contributed by atoms with van der Waals surface area (Å²) in [5, 5.41) is 18.6. The molecular formula is C14H18Cl2N6O3. The Morgan fingerprint density at radius 1 is 1.04 bits per heavy atom. The van der Waals surface area contributed by atoms with Crippen LogP contribution < -0.4 is 26.8 Å². The van der Waals surface area contributed by atoms with E-state index < -0.39 is 23.7 Å². The van der Waals surface area contributed by atoms with Crippen molar-refractivity contribution in [2.75, 3.05) is 6.61 Å². The van der Waals surface area contributed by atoms with Gasteiger partial charge >= 0.3 is 0 Å². The van der Waals surface area contributed by atoms with Crippen molar-refractivity contribution in [3.05, 3.63) is 34.9 Å². The van der Waals surface area contributed by atoms with Gasteiger partial charge in [-0.1, -0.05) is 12.1 Å². The van der Waals surface area contributed by atoms with Gasteiger partial charge in [0, 0.05) is 17.6 Å². The van der Waals surface area contributed by atoms with E-state index in [4.69, 9.17) is 27.0 Å². The number of hydrogen-bond donors (Lipinski definition) is 6. The third-order valence-electron chi connectivity index (χ3n) is 3.03. The average molecular weight is 389 g/mol. The van der Waals surface area contributed by atoms with Crippen LogP contribution in [0.25, 0.3) is 6.08 Å². The maximum Gasteiger partial charge on any atom is 0.261 e. The van der Waals surface area contributed by atoms with Crippen molar-refractivity contribution < 1.29 is 14.3 Å². The van der Waals surface area contributed by atoms with E-state index in [0.29, 0.717) is 23.3 Å². The summed E-state index contributed by atoms with van der Waals surface area (Å²) in [5.41, 5.74) is 11.4. The van der Waals surface area contributed by atoms with Gasteiger partial charge < -0.3 is 16.2 Å². The fourth-order valence-corrected chi connectivity index (χ4v) is 2.10. The fraction of sp³-hybridized carbons (Fsp3) is 0.143. The molecule has 1 aromatic carbocycles. The summed E-state index contributed by atoms with van der Waals surface area (Å²) in [4.78, 5) is 24.0. The number of carbonyl (C=O) groups is 2. The predicted octanol–water partition coefficient (Wildman–Crippen LogP) is 0.329. The molecule has 2 amide bonds. The SMILES string of the molecule is Cl.Cl.N=C(N)NC(=O)C1=Cc2cccc(C(=O)NC(=N)N)c2OCC1. The first-order chi connectivity index (χ1) is 10.9. The van der Waals surface area contributed by atoms with Crippen molar-refractivity contribution in [2.24, 2.45) is 11.5 Å². The maximum atomic E-state index is 12.0. The molecule has 1 aromatic rings. The molecule has 136 valence electrons. The van der Waals surface area contributed by atoms with Crippen LogP contribution in [-0.2, 0) is 4.79 Å². The molecule has 1 aliphatic heterocycles. The molecule has 1 heterocycles. The molecule has 0 atom stereocenters. The van der Waals surface area contributed by atoms with Crippen LogP contribution in [0.5, 0.6) is 5.75 Å². The summed E-state index contributed by atoms with van der Waals surface area (Å²) in [7, 11) is 0. The smallest absolute Gasteiger partial charge is 0.261 e. The quantitative estimate of drug-likeness (QED) is 0.316. The highest BCUT2D eigenvalue weighted by molar-refractivity contribution is 6.08. The molecular weight excluding hydrogens is 371 g/mol. The number of nitrogens with one attached hydrogen (secondary N) is 4. The lowest BCUT2D eigenvalue weighted by molar-refractivity contribution is -0.116. The lowest BCUT2D eigenvalue weighted by atomic mass is 10.0. The number of guanidine groups is 2. The molecule has 0 aromatic heterocycles. The number of carbonyl (C=O) groups excluding carboxylic acids is 2. The minimum atomic E-state index is -0.570. The number of benzene rings is 1. The molecule has 2 rings (SSSR count). The molecule has 8 N–H and O–H groups in total. The zero-order valence-corrected chi connectivity index (χ0v) is 14.6. The molecule has 0 radical (unpaired) electrons. The van der Waals surface area contributed by atoms with Gasteiger partial charge in [0.25, 0.3) is 11.8 Å². The molecule has 0 saturated carbocycles. The molecule has 9 nitrogen and oxygen atoms in total. The van der Waals surface area contributed by atoms with Crippen molar-refractivity contribution in [3.8, 4) is 5.75 Å². The predicted molar refractivity (Wildman–Crippen MR) is 98.5 cm³/mol. The second kappa shape index (κ2) is 9.50. The van der Waals surface area contributed by atoms with E-state index in [1.807, 2.05) is 0 Å².